The van der Waals surface area contributed by atoms with Gasteiger partial charge in [-0.25, -0.2) is 5.43 Å². The van der Waals surface area contributed by atoms with E-state index in [-0.39, 0.29) is 19.3 Å². The van der Waals surface area contributed by atoms with Crippen molar-refractivity contribution in [1.82, 2.24) is 10.9 Å². The molecule has 1 unspecified atom stereocenters. The lowest BCUT2D eigenvalue weighted by atomic mass is 10.2. The molecule has 1 atom stereocenters. The van der Waals surface area contributed by atoms with Crippen LogP contribution in [-0.2, 0) is 19.2 Å². The van der Waals surface area contributed by atoms with Crippen LogP contribution in [0.15, 0.2) is 0 Å². The Bertz CT molecular complexity index is 290. The number of aliphatic carboxylic acids is 2. The maximum absolute atomic E-state index is 11.0. The summed E-state index contributed by atoms with van der Waals surface area (Å²) in [6.07, 6.45) is -0.515. The van der Waals surface area contributed by atoms with Gasteiger partial charge < -0.3 is 15.0 Å². The van der Waals surface area contributed by atoms with Gasteiger partial charge in [-0.2, -0.15) is 0 Å². The van der Waals surface area contributed by atoms with Gasteiger partial charge in [0.2, 0.25) is 5.91 Å². The SMILES string of the molecule is O=CCC(NNC(=O)CCC(=O)O)C(=O)O. The first-order valence-corrected chi connectivity index (χ1v) is 4.40. The number of nitrogens with one attached hydrogen (secondary N) is 2. The first-order valence-electron chi connectivity index (χ1n) is 4.40. The summed E-state index contributed by atoms with van der Waals surface area (Å²) in [5.74, 6) is -3.07. The summed E-state index contributed by atoms with van der Waals surface area (Å²) >= 11 is 0. The Morgan fingerprint density at radius 2 is 1.81 bits per heavy atom. The molecule has 0 heterocycles. The van der Waals surface area contributed by atoms with Gasteiger partial charge in [-0.1, -0.05) is 0 Å². The zero-order valence-electron chi connectivity index (χ0n) is 8.30. The second-order valence-corrected chi connectivity index (χ2v) is 2.88. The van der Waals surface area contributed by atoms with Crippen molar-refractivity contribution in [2.75, 3.05) is 0 Å². The average molecular weight is 232 g/mol. The third-order valence-electron chi connectivity index (χ3n) is 1.58. The Morgan fingerprint density at radius 3 is 2.25 bits per heavy atom. The van der Waals surface area contributed by atoms with Crippen LogP contribution in [-0.4, -0.2) is 40.4 Å². The van der Waals surface area contributed by atoms with Gasteiger partial charge in [-0.3, -0.25) is 19.8 Å². The maximum Gasteiger partial charge on any atom is 0.322 e. The van der Waals surface area contributed by atoms with Crippen molar-refractivity contribution >= 4 is 24.1 Å². The van der Waals surface area contributed by atoms with Crippen molar-refractivity contribution in [1.29, 1.82) is 0 Å². The topological polar surface area (TPSA) is 133 Å². The van der Waals surface area contributed by atoms with Crippen molar-refractivity contribution < 1.29 is 29.4 Å². The van der Waals surface area contributed by atoms with Crippen molar-refractivity contribution in [3.05, 3.63) is 0 Å². The van der Waals surface area contributed by atoms with E-state index in [1.54, 1.807) is 0 Å². The van der Waals surface area contributed by atoms with E-state index in [1.165, 1.54) is 0 Å². The molecule has 8 nitrogen and oxygen atoms in total. The predicted octanol–water partition coefficient (Wildman–Crippen LogP) is -1.49. The molecule has 4 N–H and O–H groups in total. The molecule has 0 saturated heterocycles. The Kier molecular flexibility index (Phi) is 6.45. The van der Waals surface area contributed by atoms with Crippen LogP contribution in [0, 0.1) is 0 Å². The summed E-state index contributed by atoms with van der Waals surface area (Å²) in [4.78, 5) is 41.7. The van der Waals surface area contributed by atoms with Gasteiger partial charge in [-0.15, -0.1) is 0 Å². The number of carboxylic acid groups (broad SMARTS) is 2. The minimum atomic E-state index is -1.29. The van der Waals surface area contributed by atoms with Crippen LogP contribution in [0.4, 0.5) is 0 Å². The van der Waals surface area contributed by atoms with Crippen molar-refractivity contribution in [3.63, 3.8) is 0 Å². The lowest BCUT2D eigenvalue weighted by molar-refractivity contribution is -0.142. The fourth-order valence-corrected chi connectivity index (χ4v) is 0.768. The molecule has 0 aliphatic carbocycles. The number of amides is 1. The molecule has 0 rings (SSSR count). The smallest absolute Gasteiger partial charge is 0.322 e. The van der Waals surface area contributed by atoms with Crippen LogP contribution in [0.3, 0.4) is 0 Å². The Balaban J connectivity index is 3.91. The number of carboxylic acids is 2. The van der Waals surface area contributed by atoms with Crippen LogP contribution in [0.2, 0.25) is 0 Å². The summed E-state index contributed by atoms with van der Waals surface area (Å²) in [5, 5.41) is 16.8. The van der Waals surface area contributed by atoms with Gasteiger partial charge in [0.25, 0.3) is 0 Å². The second kappa shape index (κ2) is 7.35. The molecule has 0 aromatic heterocycles. The average Bonchev–Trinajstić information content (AvgIpc) is 2.20. The van der Waals surface area contributed by atoms with Gasteiger partial charge in [0.1, 0.15) is 12.3 Å². The van der Waals surface area contributed by atoms with E-state index in [4.69, 9.17) is 10.2 Å². The molecule has 0 saturated carbocycles. The molecule has 0 spiro atoms. The highest BCUT2D eigenvalue weighted by Crippen LogP contribution is 1.90. The lowest BCUT2D eigenvalue weighted by Crippen LogP contribution is -2.48. The van der Waals surface area contributed by atoms with Crippen molar-refractivity contribution in [2.45, 2.75) is 25.3 Å². The van der Waals surface area contributed by atoms with Crippen LogP contribution < -0.4 is 10.9 Å². The van der Waals surface area contributed by atoms with Crippen molar-refractivity contribution in [2.24, 2.45) is 0 Å². The van der Waals surface area contributed by atoms with E-state index in [2.05, 4.69) is 5.43 Å². The third kappa shape index (κ3) is 6.49. The first kappa shape index (κ1) is 14.0. The minimum Gasteiger partial charge on any atom is -0.481 e. The molecular weight excluding hydrogens is 220 g/mol. The molecule has 0 aromatic carbocycles. The standard InChI is InChI=1S/C8H12N2O6/c11-4-3-5(8(15)16)9-10-6(12)1-2-7(13)14/h4-5,9H,1-3H2,(H,10,12)(H,13,14)(H,15,16). The lowest BCUT2D eigenvalue weighted by Gasteiger charge is -2.12. The first-order chi connectivity index (χ1) is 7.47. The molecule has 16 heavy (non-hydrogen) atoms. The highest BCUT2D eigenvalue weighted by Gasteiger charge is 2.17. The van der Waals surface area contributed by atoms with E-state index >= 15 is 0 Å². The normalized spacial score (nSPS) is 11.5. The summed E-state index contributed by atoms with van der Waals surface area (Å²) in [7, 11) is 0. The van der Waals surface area contributed by atoms with Crippen LogP contribution in [0.1, 0.15) is 19.3 Å². The van der Waals surface area contributed by atoms with Gasteiger partial charge >= 0.3 is 11.9 Å². The number of aldehydes is 1. The highest BCUT2D eigenvalue weighted by atomic mass is 16.4. The molecule has 0 aliphatic heterocycles. The van der Waals surface area contributed by atoms with Gasteiger partial charge in [0, 0.05) is 12.8 Å². The molecule has 0 radical (unpaired) electrons. The minimum absolute atomic E-state index is 0.268. The van der Waals surface area contributed by atoms with E-state index < -0.39 is 23.9 Å². The molecule has 0 aromatic rings. The fraction of sp³-hybridized carbons (Fsp3) is 0.500. The molecular formula is C8H12N2O6. The zero-order valence-corrected chi connectivity index (χ0v) is 8.30. The largest absolute Gasteiger partial charge is 0.481 e. The van der Waals surface area contributed by atoms with Gasteiger partial charge in [0.05, 0.1) is 6.42 Å². The number of hydrazine groups is 1. The van der Waals surface area contributed by atoms with Gasteiger partial charge in [0.15, 0.2) is 0 Å². The van der Waals surface area contributed by atoms with Crippen LogP contribution in [0.25, 0.3) is 0 Å². The fourth-order valence-electron chi connectivity index (χ4n) is 0.768. The monoisotopic (exact) mass is 232 g/mol. The summed E-state index contributed by atoms with van der Waals surface area (Å²) in [6.45, 7) is 0. The third-order valence-corrected chi connectivity index (χ3v) is 1.58. The second-order valence-electron chi connectivity index (χ2n) is 2.88. The highest BCUT2D eigenvalue weighted by molar-refractivity contribution is 5.81. The predicted molar refractivity (Wildman–Crippen MR) is 50.3 cm³/mol. The number of hydrogen-bond donors (Lipinski definition) is 4. The number of carbonyl (C=O) groups excluding carboxylic acids is 2. The maximum atomic E-state index is 11.0. The molecule has 0 fully saturated rings. The zero-order chi connectivity index (χ0) is 12.6. The quantitative estimate of drug-likeness (QED) is 0.296. The van der Waals surface area contributed by atoms with E-state index in [9.17, 15) is 19.2 Å². The molecule has 90 valence electrons. The number of carbonyl (C=O) groups is 4. The summed E-state index contributed by atoms with van der Waals surface area (Å²) < 4.78 is 0. The van der Waals surface area contributed by atoms with E-state index in [1.807, 2.05) is 5.43 Å². The summed E-state index contributed by atoms with van der Waals surface area (Å²) in [6, 6.07) is -1.22. The Hall–Kier alpha value is -1.96. The van der Waals surface area contributed by atoms with Crippen LogP contribution in [0.5, 0.6) is 0 Å². The van der Waals surface area contributed by atoms with E-state index in [0.29, 0.717) is 6.29 Å². The molecule has 0 aliphatic rings. The Morgan fingerprint density at radius 1 is 1.19 bits per heavy atom. The Labute approximate surface area is 90.6 Å². The number of rotatable bonds is 8. The van der Waals surface area contributed by atoms with Gasteiger partial charge in [-0.05, 0) is 0 Å². The molecule has 1 amide bonds. The van der Waals surface area contributed by atoms with E-state index in [0.717, 1.165) is 0 Å². The number of hydrogen-bond acceptors (Lipinski definition) is 5. The van der Waals surface area contributed by atoms with Crippen LogP contribution >= 0.6 is 0 Å². The van der Waals surface area contributed by atoms with Crippen molar-refractivity contribution in [3.8, 4) is 0 Å². The molecule has 8 heteroatoms. The summed E-state index contributed by atoms with van der Waals surface area (Å²) in [5.41, 5.74) is 4.13. The molecule has 0 bridgehead atoms.